The maximum Gasteiger partial charge on any atom is 0.340 e. The van der Waals surface area contributed by atoms with Crippen molar-refractivity contribution in [1.82, 2.24) is 0 Å². The van der Waals surface area contributed by atoms with E-state index in [4.69, 9.17) is 9.47 Å². The second kappa shape index (κ2) is 19.7. The third-order valence-corrected chi connectivity index (χ3v) is 8.59. The molecule has 4 heteroatoms. The Morgan fingerprint density at radius 3 is 1.85 bits per heavy atom. The highest BCUT2D eigenvalue weighted by molar-refractivity contribution is 5.74. The fourth-order valence-electron chi connectivity index (χ4n) is 5.79. The third kappa shape index (κ3) is 13.0. The minimum Gasteiger partial charge on any atom is -0.493 e. The predicted octanol–water partition coefficient (Wildman–Crippen LogP) is 10.8. The average Bonchev–Trinajstić information content (AvgIpc) is 3.01. The van der Waals surface area contributed by atoms with E-state index in [2.05, 4.69) is 55.5 Å². The summed E-state index contributed by atoms with van der Waals surface area (Å²) in [6, 6.07) is 17.4. The van der Waals surface area contributed by atoms with Crippen LogP contribution in [0.5, 0.6) is 5.75 Å². The number of carbonyl (C=O) groups is 1. The van der Waals surface area contributed by atoms with E-state index >= 15 is 0 Å². The molecule has 1 saturated carbocycles. The van der Waals surface area contributed by atoms with Gasteiger partial charge in [-0.3, -0.25) is 0 Å². The molecule has 41 heavy (non-hydrogen) atoms. The van der Waals surface area contributed by atoms with Gasteiger partial charge in [-0.25, -0.2) is 9.18 Å². The number of rotatable bonds is 20. The number of aryl methyl sites for hydroxylation is 1. The van der Waals surface area contributed by atoms with Crippen molar-refractivity contribution in [3.63, 3.8) is 0 Å². The van der Waals surface area contributed by atoms with E-state index in [1.165, 1.54) is 87.3 Å². The number of hydrogen-bond acceptors (Lipinski definition) is 3. The van der Waals surface area contributed by atoms with Crippen molar-refractivity contribution in [2.24, 2.45) is 5.92 Å². The van der Waals surface area contributed by atoms with Crippen LogP contribution in [0.4, 0.5) is 4.39 Å². The number of ether oxygens (including phenoxy) is 2. The van der Waals surface area contributed by atoms with Gasteiger partial charge in [0.05, 0.1) is 6.61 Å². The SMILES string of the molecule is CCCCCCCCCCCCc1ccc(-c2ccc(OCC3CCC(OC(=O)[C@@H](F)CCCC)CC3)cc2)cc1. The van der Waals surface area contributed by atoms with Crippen LogP contribution < -0.4 is 4.74 Å². The highest BCUT2D eigenvalue weighted by atomic mass is 19.1. The van der Waals surface area contributed by atoms with Crippen molar-refractivity contribution >= 4 is 5.97 Å². The van der Waals surface area contributed by atoms with Crippen molar-refractivity contribution in [3.8, 4) is 16.9 Å². The Morgan fingerprint density at radius 2 is 1.27 bits per heavy atom. The zero-order valence-electron chi connectivity index (χ0n) is 25.9. The number of hydrogen-bond donors (Lipinski definition) is 0. The number of alkyl halides is 1. The van der Waals surface area contributed by atoms with E-state index < -0.39 is 12.1 Å². The maximum atomic E-state index is 13.9. The fourth-order valence-corrected chi connectivity index (χ4v) is 5.79. The summed E-state index contributed by atoms with van der Waals surface area (Å²) in [7, 11) is 0. The van der Waals surface area contributed by atoms with E-state index in [1.54, 1.807) is 0 Å². The van der Waals surface area contributed by atoms with Crippen molar-refractivity contribution in [2.45, 2.75) is 142 Å². The van der Waals surface area contributed by atoms with Crippen LogP contribution >= 0.6 is 0 Å². The standard InChI is InChI=1S/C37H55FO3/c1-3-5-7-8-9-10-11-12-13-14-15-30-17-21-32(22-18-30)33-23-27-34(28-24-33)40-29-31-19-25-35(26-20-31)41-37(39)36(38)16-6-4-2/h17-18,21-24,27-28,31,35-36H,3-16,19-20,25-26,29H2,1-2H3/t31?,35?,36-/m0/s1. The van der Waals surface area contributed by atoms with Gasteiger partial charge >= 0.3 is 5.97 Å². The first-order valence-corrected chi connectivity index (χ1v) is 16.8. The molecule has 2 aromatic carbocycles. The molecule has 0 bridgehead atoms. The molecule has 1 aliphatic carbocycles. The molecule has 0 aromatic heterocycles. The van der Waals surface area contributed by atoms with E-state index in [9.17, 15) is 9.18 Å². The van der Waals surface area contributed by atoms with E-state index in [0.29, 0.717) is 18.9 Å². The summed E-state index contributed by atoms with van der Waals surface area (Å²) in [6.07, 6.45) is 18.6. The molecular formula is C37H55FO3. The lowest BCUT2D eigenvalue weighted by Gasteiger charge is -2.28. The Kier molecular flexibility index (Phi) is 15.9. The van der Waals surface area contributed by atoms with Crippen molar-refractivity contribution in [3.05, 3.63) is 54.1 Å². The normalized spacial score (nSPS) is 17.7. The van der Waals surface area contributed by atoms with E-state index in [-0.39, 0.29) is 12.5 Å². The molecule has 0 heterocycles. The van der Waals surface area contributed by atoms with Gasteiger partial charge in [-0.1, -0.05) is 121 Å². The van der Waals surface area contributed by atoms with Crippen molar-refractivity contribution in [2.75, 3.05) is 6.61 Å². The highest BCUT2D eigenvalue weighted by Gasteiger charge is 2.27. The van der Waals surface area contributed by atoms with Gasteiger partial charge in [0, 0.05) is 0 Å². The van der Waals surface area contributed by atoms with Gasteiger partial charge in [0.1, 0.15) is 11.9 Å². The number of esters is 1. The first-order valence-electron chi connectivity index (χ1n) is 16.8. The molecule has 1 aliphatic rings. The number of unbranched alkanes of at least 4 members (excludes halogenated alkanes) is 10. The lowest BCUT2D eigenvalue weighted by atomic mass is 9.88. The van der Waals surface area contributed by atoms with Gasteiger partial charge in [0.2, 0.25) is 0 Å². The molecular weight excluding hydrogens is 511 g/mol. The minimum absolute atomic E-state index is 0.154. The summed E-state index contributed by atoms with van der Waals surface area (Å²) in [6.45, 7) is 4.94. The number of benzene rings is 2. The van der Waals surface area contributed by atoms with Crippen LogP contribution in [0, 0.1) is 5.92 Å². The van der Waals surface area contributed by atoms with Crippen molar-refractivity contribution in [1.29, 1.82) is 0 Å². The summed E-state index contributed by atoms with van der Waals surface area (Å²) in [5, 5.41) is 0. The molecule has 1 atom stereocenters. The number of carbonyl (C=O) groups excluding carboxylic acids is 1. The third-order valence-electron chi connectivity index (χ3n) is 8.59. The zero-order valence-corrected chi connectivity index (χ0v) is 25.9. The molecule has 2 aromatic rings. The molecule has 0 spiro atoms. The largest absolute Gasteiger partial charge is 0.493 e. The van der Waals surface area contributed by atoms with Crippen LogP contribution in [0.2, 0.25) is 0 Å². The second-order valence-corrected chi connectivity index (χ2v) is 12.2. The summed E-state index contributed by atoms with van der Waals surface area (Å²) in [5.41, 5.74) is 3.87. The molecule has 3 rings (SSSR count). The molecule has 0 radical (unpaired) electrons. The van der Waals surface area contributed by atoms with Gasteiger partial charge in [0.25, 0.3) is 0 Å². The lowest BCUT2D eigenvalue weighted by molar-refractivity contribution is -0.157. The molecule has 0 saturated heterocycles. The van der Waals surface area contributed by atoms with Gasteiger partial charge < -0.3 is 9.47 Å². The monoisotopic (exact) mass is 566 g/mol. The lowest BCUT2D eigenvalue weighted by Crippen LogP contribution is -2.30. The summed E-state index contributed by atoms with van der Waals surface area (Å²) in [4.78, 5) is 11.9. The minimum atomic E-state index is -1.48. The van der Waals surface area contributed by atoms with E-state index in [0.717, 1.165) is 37.9 Å². The van der Waals surface area contributed by atoms with Crippen LogP contribution in [-0.2, 0) is 16.0 Å². The highest BCUT2D eigenvalue weighted by Crippen LogP contribution is 2.29. The molecule has 3 nitrogen and oxygen atoms in total. The quantitative estimate of drug-likeness (QED) is 0.118. The number of halogens is 1. The van der Waals surface area contributed by atoms with E-state index in [1.807, 2.05) is 6.92 Å². The Morgan fingerprint density at radius 1 is 0.732 bits per heavy atom. The van der Waals surface area contributed by atoms with Gasteiger partial charge in [-0.2, -0.15) is 0 Å². The molecule has 0 N–H and O–H groups in total. The topological polar surface area (TPSA) is 35.5 Å². The molecule has 0 unspecified atom stereocenters. The van der Waals surface area contributed by atoms with Crippen molar-refractivity contribution < 1.29 is 18.7 Å². The second-order valence-electron chi connectivity index (χ2n) is 12.2. The van der Waals surface area contributed by atoms with Gasteiger partial charge in [0.15, 0.2) is 6.17 Å². The first kappa shape index (κ1) is 33.1. The summed E-state index contributed by atoms with van der Waals surface area (Å²) < 4.78 is 25.4. The van der Waals surface area contributed by atoms with Gasteiger partial charge in [-0.05, 0) is 79.7 Å². The van der Waals surface area contributed by atoms with Crippen LogP contribution in [-0.4, -0.2) is 24.9 Å². The average molecular weight is 567 g/mol. The Hall–Kier alpha value is -2.36. The Labute approximate surface area is 249 Å². The molecule has 0 aliphatic heterocycles. The van der Waals surface area contributed by atoms with Gasteiger partial charge in [-0.15, -0.1) is 0 Å². The zero-order chi connectivity index (χ0) is 29.1. The Balaban J connectivity index is 1.29. The Bertz CT molecular complexity index is 947. The summed E-state index contributed by atoms with van der Waals surface area (Å²) in [5.74, 6) is 0.645. The first-order chi connectivity index (χ1) is 20.1. The molecule has 1 fully saturated rings. The van der Waals surface area contributed by atoms with Crippen LogP contribution in [0.3, 0.4) is 0 Å². The van der Waals surface area contributed by atoms with Crippen LogP contribution in [0.1, 0.15) is 129 Å². The summed E-state index contributed by atoms with van der Waals surface area (Å²) >= 11 is 0. The maximum absolute atomic E-state index is 13.9. The molecule has 228 valence electrons. The van der Waals surface area contributed by atoms with Crippen LogP contribution in [0.15, 0.2) is 48.5 Å². The predicted molar refractivity (Wildman–Crippen MR) is 169 cm³/mol. The van der Waals surface area contributed by atoms with Crippen LogP contribution in [0.25, 0.3) is 11.1 Å². The molecule has 0 amide bonds. The fraction of sp³-hybridized carbons (Fsp3) is 0.649. The smallest absolute Gasteiger partial charge is 0.340 e.